The van der Waals surface area contributed by atoms with Crippen LogP contribution in [0.15, 0.2) is 132 Å². The number of fused-ring (bicyclic) bond motifs is 3. The van der Waals surface area contributed by atoms with E-state index in [0.717, 1.165) is 59.4 Å². The van der Waals surface area contributed by atoms with Gasteiger partial charge in [-0.1, -0.05) is 244 Å². The van der Waals surface area contributed by atoms with Gasteiger partial charge in [-0.25, -0.2) is 19.2 Å². The summed E-state index contributed by atoms with van der Waals surface area (Å²) in [5.41, 5.74) is 12.9. The third-order valence-electron chi connectivity index (χ3n) is 25.5. The molecule has 10 N–H and O–H groups in total. The number of nitrogens with two attached hydrogens (primary N) is 1. The first-order valence-corrected chi connectivity index (χ1v) is 47.8. The number of esters is 2. The zero-order valence-corrected chi connectivity index (χ0v) is 84.0. The molecule has 0 saturated heterocycles. The van der Waals surface area contributed by atoms with Crippen molar-refractivity contribution < 1.29 is 81.6 Å². The van der Waals surface area contributed by atoms with Gasteiger partial charge in [-0.3, -0.25) is 43.2 Å². The van der Waals surface area contributed by atoms with Gasteiger partial charge in [-0.15, -0.1) is 0 Å². The smallest absolute Gasteiger partial charge is 0.407 e. The number of hydrogen-bond donors (Lipinski definition) is 9. The number of nitrogens with zero attached hydrogens (tertiary/aromatic N) is 4. The highest BCUT2D eigenvalue weighted by atomic mass is 16.6. The summed E-state index contributed by atoms with van der Waals surface area (Å²) in [6, 6.07) is 28.8. The lowest BCUT2D eigenvalue weighted by Crippen LogP contribution is -2.56. The first kappa shape index (κ1) is 115. The van der Waals surface area contributed by atoms with Crippen LogP contribution in [0.1, 0.15) is 238 Å². The maximum absolute atomic E-state index is 14.1. The molecule has 0 radical (unpaired) electrons. The number of rotatable bonds is 55. The van der Waals surface area contributed by atoms with Crippen molar-refractivity contribution in [2.24, 2.45) is 53.1 Å². The number of carboxylic acid groups (broad SMARTS) is 1. The minimum atomic E-state index is -1.19. The summed E-state index contributed by atoms with van der Waals surface area (Å²) in [6.07, 6.45) is 7.55. The number of carbonyl (C=O) groups excluding carboxylic acids is 12. The van der Waals surface area contributed by atoms with E-state index < -0.39 is 126 Å². The molecular weight excluding hydrogens is 1690 g/mol. The van der Waals surface area contributed by atoms with Crippen LogP contribution in [-0.4, -0.2) is 235 Å². The maximum atomic E-state index is 14.1. The summed E-state index contributed by atoms with van der Waals surface area (Å²) < 4.78 is 17.4. The standard InChI is InChI=1S/C60H86N6O9.C44H74N6O8/c1-14-38(5)54(61-34-42(9)62-60(73)74-36-50-48-30-21-19-28-46(48)47-29-20-22-31-49(47)50)40(7)24-23-25-41(8)59(72)75-52(32-37(3)4)56(69)63-43(10)57(70)66(13)51(33-45-26-17-16-18-27-45)58(71)65(12)35-53(68)64-55(44(11)67)39(6)15-2;1-13-28(5)38(46-25-32(9)45)30(7)19-18-20-31(8)44(57)58-36(23-27(3)4)40(52)47-33(10)41(53)50(12)35(24-34-21-16-15-17-22-34)42(54)49(11)26-37(51)48-39(43(55)56)29(6)14-2/h16-22,25-31,37-40,42-43,50-52,54-55,61H,14-15,23-24,32-36H2,1-13H3,(H,62,73)(H,63,69)(H,64,68);15-17,20-22,27-30,32-33,35-36,38-39,46H,13-14,18-19,23-26,45H2,1-12H3,(H,47,52)(H,48,51)(H,55,56)/b41-25+;31-20+/t38?,39?,40-,42?,43+,51?,52+,54?,55-;28?,29?,30-,32?,33+,35?,36+,38+,39-/m00/s1. The summed E-state index contributed by atoms with van der Waals surface area (Å²) in [7, 11) is 5.82. The van der Waals surface area contributed by atoms with Crippen molar-refractivity contribution in [3.05, 3.63) is 155 Å². The zero-order chi connectivity index (χ0) is 99.8. The van der Waals surface area contributed by atoms with Crippen molar-refractivity contribution in [2.75, 3.05) is 61.0 Å². The predicted octanol–water partition coefficient (Wildman–Crippen LogP) is 12.7. The van der Waals surface area contributed by atoms with Crippen molar-refractivity contribution in [3.8, 4) is 11.1 Å². The number of hydrogen-bond acceptors (Lipinski definition) is 19. The number of allylic oxidation sites excluding steroid dienone is 2. The topological polar surface area (TPSA) is 393 Å². The number of likely N-dealkylation sites (N-methyl/N-ethyl adjacent to an activating group) is 4. The molecule has 4 aromatic rings. The molecule has 0 aromatic heterocycles. The first-order valence-electron chi connectivity index (χ1n) is 47.8. The van der Waals surface area contributed by atoms with Crippen molar-refractivity contribution in [1.82, 2.24) is 56.8 Å². The SMILES string of the molecule is CCC(C)C(NCC(C)NC(=O)OCC1c2ccccc2-c2ccccc21)[C@@H](C)CC/C=C(\C)C(=O)O[C@H](CC(C)C)C(=O)N[C@H](C)C(=O)N(C)C(Cc1ccccc1)C(=O)N(C)CC(=O)N[C@H](C(C)=O)C(C)CC.CCC(C)[C@H](NC(=O)CN(C)C(=O)C(Cc1ccccc1)N(C)C(=O)[C@@H](C)NC(=O)[C@@H](CC(C)C)OC(=O)/C(C)=C/CC[C@H](C)[C@H](NCC(C)N)C(C)CC)C(=O)O. The van der Waals surface area contributed by atoms with E-state index in [0.29, 0.717) is 61.1 Å². The number of amides is 9. The monoisotopic (exact) mass is 1850 g/mol. The third kappa shape index (κ3) is 37.6. The van der Waals surface area contributed by atoms with Crippen LogP contribution in [-0.2, 0) is 84.6 Å². The number of ketones is 1. The molecule has 0 heterocycles. The maximum Gasteiger partial charge on any atom is 0.407 e. The van der Waals surface area contributed by atoms with E-state index >= 15 is 0 Å². The predicted molar refractivity (Wildman–Crippen MR) is 522 cm³/mol. The number of benzene rings is 4. The van der Waals surface area contributed by atoms with E-state index in [2.05, 4.69) is 103 Å². The summed E-state index contributed by atoms with van der Waals surface area (Å²) in [6.45, 7) is 40.5. The molecule has 29 nitrogen and oxygen atoms in total. The Morgan fingerprint density at radius 2 is 0.805 bits per heavy atom. The fourth-order valence-corrected chi connectivity index (χ4v) is 16.5. The van der Waals surface area contributed by atoms with Crippen molar-refractivity contribution in [2.45, 2.75) is 301 Å². The Morgan fingerprint density at radius 3 is 1.17 bits per heavy atom. The second-order valence-electron chi connectivity index (χ2n) is 37.9. The molecule has 0 aliphatic heterocycles. The Hall–Kier alpha value is -10.6. The average Bonchev–Trinajstić information content (AvgIpc) is 1.61. The lowest BCUT2D eigenvalue weighted by molar-refractivity contribution is -0.154. The normalized spacial score (nSPS) is 16.1. The highest BCUT2D eigenvalue weighted by Crippen LogP contribution is 2.44. The molecule has 0 saturated carbocycles. The minimum absolute atomic E-state index is 0.0137. The summed E-state index contributed by atoms with van der Waals surface area (Å²) in [4.78, 5) is 178. The highest BCUT2D eigenvalue weighted by molar-refractivity contribution is 5.98. The number of carboxylic acids is 1. The molecule has 4 aromatic carbocycles. The van der Waals surface area contributed by atoms with Gasteiger partial charge in [0.25, 0.3) is 11.8 Å². The number of ether oxygens (including phenoxy) is 3. The number of alkyl carbamates (subject to hydrolysis) is 1. The van der Waals surface area contributed by atoms with Gasteiger partial charge < -0.3 is 81.9 Å². The van der Waals surface area contributed by atoms with Crippen LogP contribution in [0.2, 0.25) is 0 Å². The van der Waals surface area contributed by atoms with E-state index in [-0.39, 0.29) is 104 Å². The quantitative estimate of drug-likeness (QED) is 0.0113. The van der Waals surface area contributed by atoms with Gasteiger partial charge in [-0.05, 0) is 168 Å². The summed E-state index contributed by atoms with van der Waals surface area (Å²) in [5, 5.41) is 30.6. The number of carbonyl (C=O) groups is 13. The Bertz CT molecular complexity index is 4420. The molecule has 29 heteroatoms. The molecule has 738 valence electrons. The molecule has 1 aliphatic carbocycles. The Labute approximate surface area is 792 Å². The van der Waals surface area contributed by atoms with E-state index in [1.54, 1.807) is 32.9 Å². The molecule has 9 unspecified atom stereocenters. The van der Waals surface area contributed by atoms with Crippen LogP contribution in [0.3, 0.4) is 0 Å². The van der Waals surface area contributed by atoms with Crippen LogP contribution >= 0.6 is 0 Å². The Kier molecular flexibility index (Phi) is 49.9. The molecule has 0 bridgehead atoms. The lowest BCUT2D eigenvalue weighted by Gasteiger charge is -2.33. The Balaban J connectivity index is 0.000000576. The van der Waals surface area contributed by atoms with Crippen LogP contribution in [0.5, 0.6) is 0 Å². The van der Waals surface area contributed by atoms with Gasteiger partial charge in [0.2, 0.25) is 35.4 Å². The highest BCUT2D eigenvalue weighted by Gasteiger charge is 2.40. The van der Waals surface area contributed by atoms with E-state index in [4.69, 9.17) is 19.9 Å². The van der Waals surface area contributed by atoms with Gasteiger partial charge in [0.05, 0.1) is 19.1 Å². The number of nitrogens with one attached hydrogen (secondary N) is 7. The van der Waals surface area contributed by atoms with Gasteiger partial charge in [0, 0.05) is 95.4 Å². The van der Waals surface area contributed by atoms with Crippen molar-refractivity contribution >= 4 is 77.0 Å². The van der Waals surface area contributed by atoms with Crippen molar-refractivity contribution in [3.63, 3.8) is 0 Å². The number of Topliss-reactive ketones (excluding diaryl/α,β-unsaturated/α-hetero) is 1. The average molecular weight is 1850 g/mol. The van der Waals surface area contributed by atoms with Crippen LogP contribution in [0.25, 0.3) is 11.1 Å². The van der Waals surface area contributed by atoms with Crippen LogP contribution in [0.4, 0.5) is 4.79 Å². The lowest BCUT2D eigenvalue weighted by atomic mass is 9.85. The molecule has 0 spiro atoms. The number of aliphatic carboxylic acids is 1. The van der Waals surface area contributed by atoms with Gasteiger partial charge >= 0.3 is 24.0 Å². The second kappa shape index (κ2) is 57.8. The van der Waals surface area contributed by atoms with Gasteiger partial charge in [0.1, 0.15) is 36.8 Å². The largest absolute Gasteiger partial charge is 0.480 e. The van der Waals surface area contributed by atoms with Gasteiger partial charge in [0.15, 0.2) is 18.0 Å². The van der Waals surface area contributed by atoms with Crippen molar-refractivity contribution in [1.29, 1.82) is 0 Å². The van der Waals surface area contributed by atoms with E-state index in [1.165, 1.54) is 74.8 Å². The van der Waals surface area contributed by atoms with E-state index in [1.807, 2.05) is 147 Å². The fourth-order valence-electron chi connectivity index (χ4n) is 16.5. The molecule has 18 atom stereocenters. The molecule has 5 rings (SSSR count). The van der Waals surface area contributed by atoms with Gasteiger partial charge in [-0.2, -0.15) is 0 Å². The third-order valence-corrected chi connectivity index (χ3v) is 25.5. The molecular formula is C104H160N12O17. The van der Waals surface area contributed by atoms with Crippen LogP contribution < -0.4 is 43.0 Å². The second-order valence-corrected chi connectivity index (χ2v) is 37.9. The van der Waals surface area contributed by atoms with Crippen LogP contribution in [0, 0.1) is 47.3 Å². The fraction of sp³-hybridized carbons (Fsp3) is 0.606. The molecule has 9 amide bonds. The summed E-state index contributed by atoms with van der Waals surface area (Å²) >= 11 is 0. The van der Waals surface area contributed by atoms with E-state index in [9.17, 15) is 67.4 Å². The molecule has 133 heavy (non-hydrogen) atoms. The zero-order valence-electron chi connectivity index (χ0n) is 84.0. The summed E-state index contributed by atoms with van der Waals surface area (Å²) in [5.74, 6) is -6.40. The molecule has 0 fully saturated rings. The minimum Gasteiger partial charge on any atom is -0.480 e. The molecule has 1 aliphatic rings. The first-order chi connectivity index (χ1) is 62.7. The Morgan fingerprint density at radius 1 is 0.444 bits per heavy atom.